The van der Waals surface area contributed by atoms with E-state index in [-0.39, 0.29) is 28.6 Å². The number of phenols is 1. The van der Waals surface area contributed by atoms with Crippen molar-refractivity contribution in [1.82, 2.24) is 15.0 Å². The van der Waals surface area contributed by atoms with Crippen molar-refractivity contribution in [2.45, 2.75) is 27.8 Å². The van der Waals surface area contributed by atoms with Crippen LogP contribution in [-0.2, 0) is 44.7 Å². The van der Waals surface area contributed by atoms with Crippen molar-refractivity contribution in [2.75, 3.05) is 29.1 Å². The third-order valence-corrected chi connectivity index (χ3v) is 12.0. The highest BCUT2D eigenvalue weighted by molar-refractivity contribution is 7.91. The van der Waals surface area contributed by atoms with Crippen LogP contribution >= 0.6 is 11.6 Å². The third kappa shape index (κ3) is 12.3. The van der Waals surface area contributed by atoms with Gasteiger partial charge in [0.2, 0.25) is 23.3 Å². The Kier molecular flexibility index (Phi) is 14.3. The molecule has 24 nitrogen and oxygen atoms in total. The highest BCUT2D eigenvalue weighted by atomic mass is 35.5. The molecule has 0 fully saturated rings. The first-order valence-corrected chi connectivity index (χ1v) is 23.2. The SMILES string of the molecule is CCN(c1cccc(S(=O)(=O)CCOS(=O)(=O)O)c1)c1nc(Cl)nc(Nc2cc(S(=O)(=O)O)cc(N=NC(N=Nc3cc(S(=O)(=O)O)ccc3C(=O)O)c3ccccc3)c2O)n1. The Balaban J connectivity index is 1.52. The Morgan fingerprint density at radius 2 is 1.44 bits per heavy atom. The van der Waals surface area contributed by atoms with Crippen LogP contribution in [0.25, 0.3) is 0 Å². The average molecular weight is 956 g/mol. The molecule has 0 saturated carbocycles. The predicted molar refractivity (Wildman–Crippen MR) is 216 cm³/mol. The molecule has 5 aromatic rings. The van der Waals surface area contributed by atoms with Gasteiger partial charge in [-0.25, -0.2) is 17.4 Å². The summed E-state index contributed by atoms with van der Waals surface area (Å²) in [6.45, 7) is 0.835. The van der Waals surface area contributed by atoms with Crippen LogP contribution in [0.3, 0.4) is 0 Å². The molecule has 1 unspecified atom stereocenters. The van der Waals surface area contributed by atoms with E-state index in [0.29, 0.717) is 0 Å². The lowest BCUT2D eigenvalue weighted by atomic mass is 10.2. The average Bonchev–Trinajstić information content (AvgIpc) is 3.18. The number of anilines is 4. The second-order valence-electron chi connectivity index (χ2n) is 12.2. The number of nitrogens with one attached hydrogen (secondary N) is 1. The minimum atomic E-state index is -5.03. The summed E-state index contributed by atoms with van der Waals surface area (Å²) in [6, 6.07) is 17.0. The Bertz CT molecular complexity index is 3040. The second kappa shape index (κ2) is 18.9. The monoisotopic (exact) mass is 955 g/mol. The quantitative estimate of drug-likeness (QED) is 0.0359. The van der Waals surface area contributed by atoms with Crippen LogP contribution in [0.5, 0.6) is 5.75 Å². The maximum Gasteiger partial charge on any atom is 0.397 e. The van der Waals surface area contributed by atoms with Gasteiger partial charge in [-0.15, -0.1) is 5.11 Å². The zero-order chi connectivity index (χ0) is 45.6. The van der Waals surface area contributed by atoms with Crippen LogP contribution < -0.4 is 10.2 Å². The van der Waals surface area contributed by atoms with Gasteiger partial charge in [0.15, 0.2) is 15.6 Å². The number of nitrogens with zero attached hydrogens (tertiary/aromatic N) is 8. The summed E-state index contributed by atoms with van der Waals surface area (Å²) in [4.78, 5) is 23.7. The zero-order valence-electron chi connectivity index (χ0n) is 31.2. The highest BCUT2D eigenvalue weighted by Gasteiger charge is 2.23. The molecule has 0 spiro atoms. The Hall–Kier alpha value is -6.11. The molecule has 0 aliphatic heterocycles. The number of halogens is 1. The number of phenolic OH excluding ortho intramolecular Hbond substituents is 1. The maximum absolute atomic E-state index is 12.9. The number of aromatic nitrogens is 3. The first-order chi connectivity index (χ1) is 28.9. The van der Waals surface area contributed by atoms with E-state index in [0.717, 1.165) is 30.3 Å². The van der Waals surface area contributed by atoms with E-state index in [2.05, 4.69) is 44.9 Å². The van der Waals surface area contributed by atoms with Crippen LogP contribution in [0.2, 0.25) is 5.28 Å². The Morgan fingerprint density at radius 1 is 0.790 bits per heavy atom. The van der Waals surface area contributed by atoms with Gasteiger partial charge in [0.1, 0.15) is 11.4 Å². The van der Waals surface area contributed by atoms with Gasteiger partial charge in [-0.05, 0) is 67.1 Å². The van der Waals surface area contributed by atoms with E-state index in [1.165, 1.54) is 41.3 Å². The summed E-state index contributed by atoms with van der Waals surface area (Å²) < 4.78 is 128. The van der Waals surface area contributed by atoms with Crippen LogP contribution in [0, 0.1) is 0 Å². The Labute approximate surface area is 357 Å². The van der Waals surface area contributed by atoms with Crippen molar-refractivity contribution in [3.05, 3.63) is 101 Å². The van der Waals surface area contributed by atoms with E-state index in [1.54, 1.807) is 25.1 Å². The molecular formula is C33H30ClN9O15S4. The first-order valence-electron chi connectivity index (χ1n) is 16.9. The molecule has 328 valence electrons. The molecule has 0 aliphatic carbocycles. The molecule has 4 aromatic carbocycles. The number of aromatic hydroxyl groups is 1. The topological polar surface area (TPSA) is 367 Å². The van der Waals surface area contributed by atoms with Crippen molar-refractivity contribution in [2.24, 2.45) is 20.5 Å². The summed E-state index contributed by atoms with van der Waals surface area (Å²) in [5.41, 5.74) is -1.66. The van der Waals surface area contributed by atoms with Crippen molar-refractivity contribution in [1.29, 1.82) is 0 Å². The second-order valence-corrected chi connectivity index (χ2v) is 18.5. The number of carboxylic acid groups (broad SMARTS) is 1. The molecular weight excluding hydrogens is 926 g/mol. The largest absolute Gasteiger partial charge is 0.504 e. The molecule has 0 aliphatic rings. The fourth-order valence-electron chi connectivity index (χ4n) is 5.15. The molecule has 6 N–H and O–H groups in total. The molecule has 1 aromatic heterocycles. The van der Waals surface area contributed by atoms with E-state index >= 15 is 0 Å². The lowest BCUT2D eigenvalue weighted by Crippen LogP contribution is -2.21. The predicted octanol–water partition coefficient (Wildman–Crippen LogP) is 5.48. The standard InChI is InChI=1S/C33H30ClN9O15S4/c1-2-43(20-9-6-10-21(15-20)59(47,48)14-13-58-62(55,56)57)33-37-31(34)36-32(38-33)35-26-17-23(61(52,53)54)18-27(28(26)44)40-42-29(19-7-4-3-5-8-19)41-39-25-16-22(60(49,50)51)11-12-24(25)30(45)46/h3-12,15-18,29,44H,2,13-14H2,1H3,(H,45,46)(H,49,50,51)(H,52,53,54)(H,55,56,57)(H,35,36,37,38). The molecule has 0 saturated heterocycles. The molecule has 1 atom stereocenters. The highest BCUT2D eigenvalue weighted by Crippen LogP contribution is 2.40. The minimum absolute atomic E-state index is 0.0761. The van der Waals surface area contributed by atoms with Crippen LogP contribution in [0.4, 0.5) is 34.6 Å². The first kappa shape index (κ1) is 46.9. The lowest BCUT2D eigenvalue weighted by Gasteiger charge is -2.22. The fraction of sp³-hybridized carbons (Fsp3) is 0.152. The van der Waals surface area contributed by atoms with Crippen molar-refractivity contribution in [3.8, 4) is 5.75 Å². The van der Waals surface area contributed by atoms with E-state index in [4.69, 9.17) is 16.2 Å². The van der Waals surface area contributed by atoms with Crippen LogP contribution in [0.1, 0.15) is 29.0 Å². The number of benzene rings is 4. The molecule has 0 bridgehead atoms. The Morgan fingerprint density at radius 3 is 2.05 bits per heavy atom. The van der Waals surface area contributed by atoms with Gasteiger partial charge in [-0.1, -0.05) is 36.4 Å². The summed E-state index contributed by atoms with van der Waals surface area (Å²) >= 11 is 6.22. The maximum atomic E-state index is 12.9. The molecule has 62 heavy (non-hydrogen) atoms. The normalized spacial score (nSPS) is 13.0. The van der Waals surface area contributed by atoms with Crippen LogP contribution in [0.15, 0.2) is 120 Å². The summed E-state index contributed by atoms with van der Waals surface area (Å²) in [5, 5.41) is 38.8. The third-order valence-electron chi connectivity index (χ3n) is 7.98. The van der Waals surface area contributed by atoms with Gasteiger partial charge in [0, 0.05) is 17.8 Å². The zero-order valence-corrected chi connectivity index (χ0v) is 35.2. The number of carbonyl (C=O) groups is 1. The number of azo groups is 2. The smallest absolute Gasteiger partial charge is 0.397 e. The number of rotatable bonds is 18. The molecule has 0 radical (unpaired) electrons. The minimum Gasteiger partial charge on any atom is -0.504 e. The van der Waals surface area contributed by atoms with Gasteiger partial charge < -0.3 is 20.4 Å². The van der Waals surface area contributed by atoms with Gasteiger partial charge >= 0.3 is 16.4 Å². The molecule has 0 amide bonds. The number of carboxylic acids is 1. The van der Waals surface area contributed by atoms with Gasteiger partial charge in [-0.3, -0.25) is 13.7 Å². The van der Waals surface area contributed by atoms with Crippen molar-refractivity contribution < 1.29 is 66.5 Å². The number of sulfone groups is 1. The van der Waals surface area contributed by atoms with Gasteiger partial charge in [-0.2, -0.15) is 55.5 Å². The van der Waals surface area contributed by atoms with Gasteiger partial charge in [0.25, 0.3) is 20.2 Å². The van der Waals surface area contributed by atoms with Gasteiger partial charge in [0.05, 0.1) is 38.3 Å². The number of aromatic carboxylic acids is 1. The number of hydrogen-bond acceptors (Lipinski definition) is 20. The molecule has 1 heterocycles. The van der Waals surface area contributed by atoms with E-state index in [9.17, 15) is 57.8 Å². The fourth-order valence-corrected chi connectivity index (χ4v) is 7.86. The van der Waals surface area contributed by atoms with Crippen LogP contribution in [-0.4, -0.2) is 97.4 Å². The van der Waals surface area contributed by atoms with Crippen molar-refractivity contribution in [3.63, 3.8) is 0 Å². The summed E-state index contributed by atoms with van der Waals surface area (Å²) in [6.07, 6.45) is -1.47. The summed E-state index contributed by atoms with van der Waals surface area (Å²) in [7, 11) is -18.9. The van der Waals surface area contributed by atoms with E-state index in [1.807, 2.05) is 0 Å². The van der Waals surface area contributed by atoms with Crippen molar-refractivity contribution >= 4 is 92.7 Å². The number of hydrogen-bond donors (Lipinski definition) is 6. The molecule has 5 rings (SSSR count). The summed E-state index contributed by atoms with van der Waals surface area (Å²) in [5.74, 6) is -3.77. The molecule has 29 heteroatoms. The van der Waals surface area contributed by atoms with E-state index < -0.39 is 114 Å². The lowest BCUT2D eigenvalue weighted by molar-refractivity contribution is 0.0697.